The molecule has 4 heterocycles. The summed E-state index contributed by atoms with van der Waals surface area (Å²) in [4.78, 5) is 13.2. The smallest absolute Gasteiger partial charge is 0.145 e. The molecule has 2 fully saturated rings. The first-order valence-electron chi connectivity index (χ1n) is 11.2. The number of fused-ring (bicyclic) bond motifs is 2. The maximum atomic E-state index is 11.2. The molecule has 2 aliphatic rings. The van der Waals surface area contributed by atoms with Crippen LogP contribution in [0.5, 0.6) is 0 Å². The predicted molar refractivity (Wildman–Crippen MR) is 132 cm³/mol. The van der Waals surface area contributed by atoms with Gasteiger partial charge in [-0.15, -0.1) is 0 Å². The molecule has 1 saturated carbocycles. The van der Waals surface area contributed by atoms with Gasteiger partial charge in [0.25, 0.3) is 0 Å². The summed E-state index contributed by atoms with van der Waals surface area (Å²) in [7, 11) is 1.81. The maximum Gasteiger partial charge on any atom is 0.145 e. The minimum absolute atomic E-state index is 0.198. The van der Waals surface area contributed by atoms with E-state index in [0.29, 0.717) is 25.3 Å². The third-order valence-corrected chi connectivity index (χ3v) is 8.06. The Morgan fingerprint density at radius 1 is 1.21 bits per heavy atom. The van der Waals surface area contributed by atoms with Gasteiger partial charge in [0.1, 0.15) is 29.7 Å². The van der Waals surface area contributed by atoms with Crippen molar-refractivity contribution < 1.29 is 14.9 Å². The van der Waals surface area contributed by atoms with Crippen molar-refractivity contribution in [3.8, 4) is 0 Å². The SMILES string of the molecule is CNc1ncnc2c1ccn2[C@@H]1C[C@@]2(CO[C@H](c3ccc4cc(Br)c(N)nc4c3)C2)[C@@H](O)[C@H]1O. The van der Waals surface area contributed by atoms with Crippen LogP contribution in [0, 0.1) is 5.41 Å². The molecule has 1 aliphatic carbocycles. The Hall–Kier alpha value is -2.79. The van der Waals surface area contributed by atoms with Crippen LogP contribution in [0.4, 0.5) is 11.6 Å². The molecule has 1 spiro atoms. The number of aliphatic hydroxyl groups is 2. The second-order valence-corrected chi connectivity index (χ2v) is 10.2. The van der Waals surface area contributed by atoms with Gasteiger partial charge in [-0.05, 0) is 52.5 Å². The highest BCUT2D eigenvalue weighted by Gasteiger charge is 2.57. The molecule has 9 nitrogen and oxygen atoms in total. The van der Waals surface area contributed by atoms with Gasteiger partial charge in [-0.3, -0.25) is 0 Å². The van der Waals surface area contributed by atoms with E-state index in [-0.39, 0.29) is 12.1 Å². The largest absolute Gasteiger partial charge is 0.390 e. The number of hydrogen-bond donors (Lipinski definition) is 4. The highest BCUT2D eigenvalue weighted by Crippen LogP contribution is 2.55. The van der Waals surface area contributed by atoms with Gasteiger partial charge in [0, 0.05) is 24.0 Å². The number of halogens is 1. The number of hydrogen-bond acceptors (Lipinski definition) is 8. The molecule has 34 heavy (non-hydrogen) atoms. The molecule has 176 valence electrons. The summed E-state index contributed by atoms with van der Waals surface area (Å²) in [5, 5.41) is 27.2. The second kappa shape index (κ2) is 7.88. The number of rotatable bonds is 3. The zero-order valence-electron chi connectivity index (χ0n) is 18.5. The quantitative estimate of drug-likeness (QED) is 0.321. The highest BCUT2D eigenvalue weighted by molar-refractivity contribution is 9.10. The molecule has 5 N–H and O–H groups in total. The number of nitrogens with zero attached hydrogens (tertiary/aromatic N) is 4. The highest BCUT2D eigenvalue weighted by atomic mass is 79.9. The lowest BCUT2D eigenvalue weighted by Crippen LogP contribution is -2.37. The van der Waals surface area contributed by atoms with Gasteiger partial charge in [0.15, 0.2) is 0 Å². The Kier molecular flexibility index (Phi) is 5.03. The Bertz CT molecular complexity index is 1410. The first kappa shape index (κ1) is 21.7. The average Bonchev–Trinajstić information content (AvgIpc) is 3.53. The number of anilines is 2. The standard InChI is InChI=1S/C24H25BrN6O3/c1-27-22-14-4-5-31(23(14)29-11-28-22)17-8-24(20(33)19(17)32)9-18(34-10-24)13-3-2-12-6-15(25)21(26)30-16(12)7-13/h2-7,11,17-20,32-33H,8-10H2,1H3,(H2,26,30)(H,27,28,29)/t17-,18+,19+,20+,24-/m1/s1. The van der Waals surface area contributed by atoms with E-state index in [9.17, 15) is 10.2 Å². The van der Waals surface area contributed by atoms with Crippen molar-refractivity contribution in [2.24, 2.45) is 5.41 Å². The van der Waals surface area contributed by atoms with E-state index in [4.69, 9.17) is 10.5 Å². The summed E-state index contributed by atoms with van der Waals surface area (Å²) < 4.78 is 8.92. The van der Waals surface area contributed by atoms with E-state index in [2.05, 4.69) is 36.2 Å². The lowest BCUT2D eigenvalue weighted by atomic mass is 9.80. The van der Waals surface area contributed by atoms with Gasteiger partial charge in [0.2, 0.25) is 0 Å². The van der Waals surface area contributed by atoms with Crippen molar-refractivity contribution >= 4 is 49.5 Å². The van der Waals surface area contributed by atoms with E-state index in [1.54, 1.807) is 0 Å². The minimum atomic E-state index is -0.929. The molecule has 1 saturated heterocycles. The first-order valence-corrected chi connectivity index (χ1v) is 12.0. The number of aromatic nitrogens is 4. The van der Waals surface area contributed by atoms with E-state index >= 15 is 0 Å². The lowest BCUT2D eigenvalue weighted by molar-refractivity contribution is -0.0309. The monoisotopic (exact) mass is 524 g/mol. The van der Waals surface area contributed by atoms with Crippen molar-refractivity contribution in [1.29, 1.82) is 0 Å². The molecule has 0 bridgehead atoms. The van der Waals surface area contributed by atoms with Crippen molar-refractivity contribution in [1.82, 2.24) is 19.5 Å². The topological polar surface area (TPSA) is 131 Å². The van der Waals surface area contributed by atoms with E-state index in [1.807, 2.05) is 48.1 Å². The van der Waals surface area contributed by atoms with Gasteiger partial charge in [-0.2, -0.15) is 0 Å². The molecule has 1 aliphatic heterocycles. The van der Waals surface area contributed by atoms with Crippen LogP contribution < -0.4 is 11.1 Å². The summed E-state index contributed by atoms with van der Waals surface area (Å²) in [6.45, 7) is 0.371. The fourth-order valence-electron chi connectivity index (χ4n) is 5.62. The third-order valence-electron chi connectivity index (χ3n) is 7.42. The van der Waals surface area contributed by atoms with Gasteiger partial charge in [-0.1, -0.05) is 12.1 Å². The second-order valence-electron chi connectivity index (χ2n) is 9.31. The van der Waals surface area contributed by atoms with Crippen molar-refractivity contribution in [3.05, 3.63) is 52.9 Å². The van der Waals surface area contributed by atoms with Crippen LogP contribution in [0.25, 0.3) is 21.9 Å². The van der Waals surface area contributed by atoms with Gasteiger partial charge in [-0.25, -0.2) is 15.0 Å². The van der Waals surface area contributed by atoms with E-state index < -0.39 is 17.6 Å². The molecule has 10 heteroatoms. The Morgan fingerprint density at radius 3 is 2.88 bits per heavy atom. The third kappa shape index (κ3) is 3.20. The number of nitrogens with one attached hydrogen (secondary N) is 1. The zero-order valence-corrected chi connectivity index (χ0v) is 20.1. The number of nitrogen functional groups attached to an aromatic ring is 1. The normalized spacial score (nSPS) is 28.9. The molecule has 4 aromatic rings. The molecule has 5 atom stereocenters. The van der Waals surface area contributed by atoms with Gasteiger partial charge < -0.3 is 30.6 Å². The summed E-state index contributed by atoms with van der Waals surface area (Å²) in [5.41, 5.74) is 7.94. The van der Waals surface area contributed by atoms with Crippen LogP contribution in [-0.2, 0) is 4.74 Å². The van der Waals surface area contributed by atoms with Crippen LogP contribution in [0.3, 0.4) is 0 Å². The Labute approximate surface area is 204 Å². The number of aliphatic hydroxyl groups excluding tert-OH is 2. The molecule has 3 aromatic heterocycles. The van der Waals surface area contributed by atoms with Gasteiger partial charge in [0.05, 0.1) is 40.2 Å². The summed E-state index contributed by atoms with van der Waals surface area (Å²) >= 11 is 3.42. The molecule has 6 rings (SSSR count). The average molecular weight is 525 g/mol. The summed E-state index contributed by atoms with van der Waals surface area (Å²) in [6, 6.07) is 9.60. The summed E-state index contributed by atoms with van der Waals surface area (Å²) in [6.07, 6.45) is 2.57. The van der Waals surface area contributed by atoms with E-state index in [1.165, 1.54) is 6.33 Å². The molecule has 0 radical (unpaired) electrons. The zero-order chi connectivity index (χ0) is 23.6. The first-order chi connectivity index (χ1) is 16.4. The van der Waals surface area contributed by atoms with Crippen LogP contribution >= 0.6 is 15.9 Å². The molecule has 1 aromatic carbocycles. The van der Waals surface area contributed by atoms with Crippen LogP contribution in [0.15, 0.2) is 47.3 Å². The summed E-state index contributed by atoms with van der Waals surface area (Å²) in [5.74, 6) is 1.17. The van der Waals surface area contributed by atoms with Crippen molar-refractivity contribution in [2.45, 2.75) is 37.2 Å². The number of pyridine rings is 1. The Balaban J connectivity index is 1.30. The van der Waals surface area contributed by atoms with E-state index in [0.717, 1.165) is 37.8 Å². The predicted octanol–water partition coefficient (Wildman–Crippen LogP) is 3.18. The van der Waals surface area contributed by atoms with Crippen LogP contribution in [0.2, 0.25) is 0 Å². The molecule has 0 amide bonds. The van der Waals surface area contributed by atoms with Crippen LogP contribution in [-0.4, -0.2) is 55.6 Å². The van der Waals surface area contributed by atoms with Crippen molar-refractivity contribution in [2.75, 3.05) is 24.7 Å². The van der Waals surface area contributed by atoms with Gasteiger partial charge >= 0.3 is 0 Å². The molecule has 0 unspecified atom stereocenters. The fraction of sp³-hybridized carbons (Fsp3) is 0.375. The maximum absolute atomic E-state index is 11.2. The minimum Gasteiger partial charge on any atom is -0.390 e. The van der Waals surface area contributed by atoms with Crippen LogP contribution in [0.1, 0.15) is 30.6 Å². The van der Waals surface area contributed by atoms with Crippen molar-refractivity contribution in [3.63, 3.8) is 0 Å². The lowest BCUT2D eigenvalue weighted by Gasteiger charge is -2.26. The fourth-order valence-corrected chi connectivity index (χ4v) is 5.96. The Morgan fingerprint density at radius 2 is 2.06 bits per heavy atom. The number of nitrogens with two attached hydrogens (primary N) is 1. The number of ether oxygens (including phenoxy) is 1. The molecular formula is C24H25BrN6O3. The number of benzene rings is 1. The molecular weight excluding hydrogens is 500 g/mol.